The highest BCUT2D eigenvalue weighted by Crippen LogP contribution is 2.25. The molecule has 0 atom stereocenters. The van der Waals surface area contributed by atoms with E-state index in [0.717, 1.165) is 13.1 Å². The number of rotatable bonds is 3. The smallest absolute Gasteiger partial charge is 0.266 e. The summed E-state index contributed by atoms with van der Waals surface area (Å²) in [7, 11) is 2.01. The summed E-state index contributed by atoms with van der Waals surface area (Å²) < 4.78 is 0. The van der Waals surface area contributed by atoms with Gasteiger partial charge in [-0.15, -0.1) is 0 Å². The van der Waals surface area contributed by atoms with E-state index in [-0.39, 0.29) is 11.5 Å². The van der Waals surface area contributed by atoms with E-state index in [4.69, 9.17) is 23.2 Å². The summed E-state index contributed by atoms with van der Waals surface area (Å²) in [6, 6.07) is 6.90. The summed E-state index contributed by atoms with van der Waals surface area (Å²) in [4.78, 5) is 16.1. The van der Waals surface area contributed by atoms with Gasteiger partial charge in [0.1, 0.15) is 11.6 Å². The van der Waals surface area contributed by atoms with Gasteiger partial charge in [-0.25, -0.2) is 0 Å². The van der Waals surface area contributed by atoms with Gasteiger partial charge in [-0.1, -0.05) is 23.2 Å². The third kappa shape index (κ3) is 4.14. The van der Waals surface area contributed by atoms with Crippen molar-refractivity contribution in [3.8, 4) is 6.07 Å². The molecule has 22 heavy (non-hydrogen) atoms. The molecular formula is C15H16Cl2N4O. The molecule has 1 aromatic carbocycles. The molecule has 0 spiro atoms. The Morgan fingerprint density at radius 1 is 1.32 bits per heavy atom. The highest BCUT2D eigenvalue weighted by Gasteiger charge is 2.22. The Morgan fingerprint density at radius 2 is 2.00 bits per heavy atom. The topological polar surface area (TPSA) is 59.4 Å². The van der Waals surface area contributed by atoms with Crippen molar-refractivity contribution in [2.24, 2.45) is 0 Å². The molecule has 1 heterocycles. The Morgan fingerprint density at radius 3 is 2.59 bits per heavy atom. The number of carbonyl (C=O) groups is 1. The molecule has 1 aliphatic rings. The van der Waals surface area contributed by atoms with Crippen molar-refractivity contribution in [2.45, 2.75) is 0 Å². The molecule has 1 saturated heterocycles. The van der Waals surface area contributed by atoms with Crippen LogP contribution in [0.5, 0.6) is 0 Å². The van der Waals surface area contributed by atoms with Gasteiger partial charge in [-0.2, -0.15) is 5.26 Å². The summed E-state index contributed by atoms with van der Waals surface area (Å²) in [5, 5.41) is 13.0. The standard InChI is InChI=1S/C15H16Cl2N4O/c1-20-4-6-21(7-5-20)15(22)11(9-18)10-19-14-3-2-12(16)8-13(14)17/h2-3,8,10,19H,4-7H2,1H3/b11-10-. The van der Waals surface area contributed by atoms with E-state index < -0.39 is 0 Å². The zero-order valence-corrected chi connectivity index (χ0v) is 13.7. The van der Waals surface area contributed by atoms with Crippen LogP contribution in [-0.4, -0.2) is 48.9 Å². The second kappa shape index (κ2) is 7.50. The van der Waals surface area contributed by atoms with Crippen molar-refractivity contribution in [2.75, 3.05) is 38.5 Å². The van der Waals surface area contributed by atoms with Crippen LogP contribution in [0.1, 0.15) is 0 Å². The lowest BCUT2D eigenvalue weighted by atomic mass is 10.2. The molecule has 1 amide bonds. The molecule has 0 radical (unpaired) electrons. The minimum Gasteiger partial charge on any atom is -0.359 e. The average Bonchev–Trinajstić information content (AvgIpc) is 2.50. The molecule has 1 aliphatic heterocycles. The van der Waals surface area contributed by atoms with E-state index in [9.17, 15) is 10.1 Å². The first-order chi connectivity index (χ1) is 10.5. The number of benzene rings is 1. The number of hydrogen-bond donors (Lipinski definition) is 1. The number of nitrogens with zero attached hydrogens (tertiary/aromatic N) is 3. The Kier molecular flexibility index (Phi) is 5.67. The van der Waals surface area contributed by atoms with Crippen molar-refractivity contribution in [3.63, 3.8) is 0 Å². The van der Waals surface area contributed by atoms with Crippen LogP contribution in [0.3, 0.4) is 0 Å². The Hall–Kier alpha value is -1.74. The first-order valence-corrected chi connectivity index (χ1v) is 7.56. The Labute approximate surface area is 139 Å². The number of anilines is 1. The van der Waals surface area contributed by atoms with Crippen LogP contribution in [0.4, 0.5) is 5.69 Å². The lowest BCUT2D eigenvalue weighted by molar-refractivity contribution is -0.128. The van der Waals surface area contributed by atoms with Crippen LogP contribution in [-0.2, 0) is 4.79 Å². The summed E-state index contributed by atoms with van der Waals surface area (Å²) >= 11 is 11.9. The zero-order valence-electron chi connectivity index (χ0n) is 12.1. The van der Waals surface area contributed by atoms with Gasteiger partial charge >= 0.3 is 0 Å². The first kappa shape index (κ1) is 16.6. The highest BCUT2D eigenvalue weighted by molar-refractivity contribution is 6.36. The molecule has 0 bridgehead atoms. The predicted octanol–water partition coefficient (Wildman–Crippen LogP) is 2.59. The van der Waals surface area contributed by atoms with E-state index in [1.807, 2.05) is 13.1 Å². The highest BCUT2D eigenvalue weighted by atomic mass is 35.5. The number of nitrogens with one attached hydrogen (secondary N) is 1. The predicted molar refractivity (Wildman–Crippen MR) is 87.9 cm³/mol. The maximum atomic E-state index is 12.3. The maximum absolute atomic E-state index is 12.3. The van der Waals surface area contributed by atoms with Crippen LogP contribution >= 0.6 is 23.2 Å². The van der Waals surface area contributed by atoms with E-state index in [2.05, 4.69) is 10.2 Å². The lowest BCUT2D eigenvalue weighted by Crippen LogP contribution is -2.47. The van der Waals surface area contributed by atoms with Crippen LogP contribution in [0.2, 0.25) is 10.0 Å². The Balaban J connectivity index is 2.07. The molecule has 0 aliphatic carbocycles. The zero-order chi connectivity index (χ0) is 16.1. The third-order valence-corrected chi connectivity index (χ3v) is 3.99. The van der Waals surface area contributed by atoms with Gasteiger partial charge in [0.15, 0.2) is 0 Å². The monoisotopic (exact) mass is 338 g/mol. The number of amides is 1. The van der Waals surface area contributed by atoms with Crippen LogP contribution in [0.25, 0.3) is 0 Å². The number of likely N-dealkylation sites (N-methyl/N-ethyl adjacent to an activating group) is 1. The summed E-state index contributed by atoms with van der Waals surface area (Å²) in [6.07, 6.45) is 1.38. The molecule has 116 valence electrons. The maximum Gasteiger partial charge on any atom is 0.266 e. The molecule has 7 heteroatoms. The van der Waals surface area contributed by atoms with Gasteiger partial charge in [-0.3, -0.25) is 4.79 Å². The summed E-state index contributed by atoms with van der Waals surface area (Å²) in [5.41, 5.74) is 0.639. The lowest BCUT2D eigenvalue weighted by Gasteiger charge is -2.32. The van der Waals surface area contributed by atoms with E-state index >= 15 is 0 Å². The van der Waals surface area contributed by atoms with Gasteiger partial charge in [0.2, 0.25) is 0 Å². The van der Waals surface area contributed by atoms with Crippen molar-refractivity contribution in [1.29, 1.82) is 5.26 Å². The van der Waals surface area contributed by atoms with Crippen LogP contribution in [0, 0.1) is 11.3 Å². The second-order valence-electron chi connectivity index (χ2n) is 5.03. The number of piperazine rings is 1. The molecule has 0 aromatic heterocycles. The number of nitriles is 1. The molecule has 2 rings (SSSR count). The van der Waals surface area contributed by atoms with Crippen molar-refractivity contribution < 1.29 is 4.79 Å². The molecule has 1 aromatic rings. The number of carbonyl (C=O) groups excluding carboxylic acids is 1. The normalized spacial score (nSPS) is 16.3. The van der Waals surface area contributed by atoms with Crippen molar-refractivity contribution in [3.05, 3.63) is 40.0 Å². The van der Waals surface area contributed by atoms with Gasteiger partial charge in [-0.05, 0) is 25.2 Å². The number of hydrogen-bond acceptors (Lipinski definition) is 4. The minimum atomic E-state index is -0.270. The fourth-order valence-electron chi connectivity index (χ4n) is 2.08. The molecular weight excluding hydrogens is 323 g/mol. The SMILES string of the molecule is CN1CCN(C(=O)/C(C#N)=C\Nc2ccc(Cl)cc2Cl)CC1. The van der Waals surface area contributed by atoms with Crippen LogP contribution in [0.15, 0.2) is 30.0 Å². The van der Waals surface area contributed by atoms with Gasteiger partial charge in [0.05, 0.1) is 10.7 Å². The molecule has 1 N–H and O–H groups in total. The number of halogens is 2. The molecule has 0 unspecified atom stereocenters. The largest absolute Gasteiger partial charge is 0.359 e. The molecule has 5 nitrogen and oxygen atoms in total. The van der Waals surface area contributed by atoms with Gasteiger partial charge < -0.3 is 15.1 Å². The average molecular weight is 339 g/mol. The van der Waals surface area contributed by atoms with Gasteiger partial charge in [0.25, 0.3) is 5.91 Å². The van der Waals surface area contributed by atoms with Crippen molar-refractivity contribution in [1.82, 2.24) is 9.80 Å². The minimum absolute atomic E-state index is 0.0515. The molecule has 0 saturated carbocycles. The van der Waals surface area contributed by atoms with E-state index in [1.165, 1.54) is 6.20 Å². The first-order valence-electron chi connectivity index (χ1n) is 6.81. The summed E-state index contributed by atoms with van der Waals surface area (Å²) in [5.74, 6) is -0.270. The third-order valence-electron chi connectivity index (χ3n) is 3.44. The molecule has 1 fully saturated rings. The van der Waals surface area contributed by atoms with Crippen molar-refractivity contribution >= 4 is 34.8 Å². The van der Waals surface area contributed by atoms with E-state index in [0.29, 0.717) is 28.8 Å². The fraction of sp³-hybridized carbons (Fsp3) is 0.333. The fourth-order valence-corrected chi connectivity index (χ4v) is 2.54. The van der Waals surface area contributed by atoms with E-state index in [1.54, 1.807) is 23.1 Å². The quantitative estimate of drug-likeness (QED) is 0.679. The van der Waals surface area contributed by atoms with Crippen LogP contribution < -0.4 is 5.32 Å². The Bertz CT molecular complexity index is 631. The van der Waals surface area contributed by atoms with Gasteiger partial charge in [0, 0.05) is 37.4 Å². The second-order valence-corrected chi connectivity index (χ2v) is 5.88. The summed E-state index contributed by atoms with van der Waals surface area (Å²) in [6.45, 7) is 2.86.